The second-order valence-corrected chi connectivity index (χ2v) is 5.84. The summed E-state index contributed by atoms with van der Waals surface area (Å²) in [6.07, 6.45) is 2.19. The van der Waals surface area contributed by atoms with Gasteiger partial charge in [-0.3, -0.25) is 9.69 Å². The van der Waals surface area contributed by atoms with Crippen LogP contribution >= 0.6 is 0 Å². The summed E-state index contributed by atoms with van der Waals surface area (Å²) in [5, 5.41) is 9.46. The zero-order valence-corrected chi connectivity index (χ0v) is 11.6. The Balaban J connectivity index is 1.74. The highest BCUT2D eigenvalue weighted by atomic mass is 16.5. The molecule has 4 nitrogen and oxygen atoms in total. The van der Waals surface area contributed by atoms with Gasteiger partial charge in [-0.05, 0) is 29.9 Å². The van der Waals surface area contributed by atoms with E-state index in [4.69, 9.17) is 4.74 Å². The van der Waals surface area contributed by atoms with Gasteiger partial charge in [-0.2, -0.15) is 0 Å². The van der Waals surface area contributed by atoms with E-state index >= 15 is 0 Å². The molecule has 1 unspecified atom stereocenters. The van der Waals surface area contributed by atoms with Crippen molar-refractivity contribution in [2.45, 2.75) is 25.3 Å². The van der Waals surface area contributed by atoms with Crippen LogP contribution < -0.4 is 0 Å². The van der Waals surface area contributed by atoms with E-state index in [0.29, 0.717) is 12.5 Å². The van der Waals surface area contributed by atoms with E-state index < -0.39 is 5.97 Å². The molecule has 1 aromatic carbocycles. The van der Waals surface area contributed by atoms with Crippen LogP contribution in [-0.4, -0.2) is 42.3 Å². The number of nitrogens with zero attached hydrogens (tertiary/aromatic N) is 1. The molecular formula is C16H21NO3. The topological polar surface area (TPSA) is 49.8 Å². The zero-order chi connectivity index (χ0) is 13.9. The first-order chi connectivity index (χ1) is 9.74. The molecule has 20 heavy (non-hydrogen) atoms. The predicted molar refractivity (Wildman–Crippen MR) is 75.6 cm³/mol. The second-order valence-electron chi connectivity index (χ2n) is 5.84. The summed E-state index contributed by atoms with van der Waals surface area (Å²) in [5.41, 5.74) is 2.15. The van der Waals surface area contributed by atoms with Gasteiger partial charge in [0.05, 0.1) is 5.92 Å². The van der Waals surface area contributed by atoms with Crippen molar-refractivity contribution in [3.8, 4) is 0 Å². The van der Waals surface area contributed by atoms with E-state index in [1.165, 1.54) is 5.56 Å². The van der Waals surface area contributed by atoms with Gasteiger partial charge in [-0.25, -0.2) is 0 Å². The number of carbonyl (C=O) groups is 1. The predicted octanol–water partition coefficient (Wildman–Crippen LogP) is 2.10. The van der Waals surface area contributed by atoms with Crippen LogP contribution in [0.25, 0.3) is 0 Å². The summed E-state index contributed by atoms with van der Waals surface area (Å²) in [6.45, 7) is 4.18. The van der Waals surface area contributed by atoms with Gasteiger partial charge < -0.3 is 9.84 Å². The molecule has 2 aliphatic rings. The van der Waals surface area contributed by atoms with E-state index in [2.05, 4.69) is 11.0 Å². The first-order valence-electron chi connectivity index (χ1n) is 7.35. The quantitative estimate of drug-likeness (QED) is 0.917. The normalized spacial score (nSPS) is 24.3. The number of hydrogen-bond acceptors (Lipinski definition) is 3. The smallest absolute Gasteiger partial charge is 0.312 e. The highest BCUT2D eigenvalue weighted by molar-refractivity contribution is 5.77. The third-order valence-corrected chi connectivity index (χ3v) is 4.42. The average Bonchev–Trinajstić information content (AvgIpc) is 2.47. The van der Waals surface area contributed by atoms with Gasteiger partial charge in [0.1, 0.15) is 0 Å². The summed E-state index contributed by atoms with van der Waals surface area (Å²) in [6, 6.07) is 7.94. The van der Waals surface area contributed by atoms with Crippen molar-refractivity contribution in [1.82, 2.24) is 4.90 Å². The third-order valence-electron chi connectivity index (χ3n) is 4.42. The zero-order valence-electron chi connectivity index (χ0n) is 11.6. The minimum absolute atomic E-state index is 0.389. The van der Waals surface area contributed by atoms with Crippen molar-refractivity contribution in [2.24, 2.45) is 5.92 Å². The fraction of sp³-hybridized carbons (Fsp3) is 0.562. The second kappa shape index (κ2) is 5.94. The molecule has 0 amide bonds. The van der Waals surface area contributed by atoms with Crippen LogP contribution in [0.2, 0.25) is 0 Å². The van der Waals surface area contributed by atoms with Gasteiger partial charge >= 0.3 is 5.97 Å². The van der Waals surface area contributed by atoms with E-state index in [-0.39, 0.29) is 5.92 Å². The minimum atomic E-state index is -0.714. The maximum Gasteiger partial charge on any atom is 0.312 e. The van der Waals surface area contributed by atoms with Crippen LogP contribution in [0.15, 0.2) is 24.3 Å². The molecule has 0 spiro atoms. The number of rotatable bonds is 3. The molecule has 1 fully saturated rings. The van der Waals surface area contributed by atoms with Crippen molar-refractivity contribution in [1.29, 1.82) is 0 Å². The average molecular weight is 275 g/mol. The lowest BCUT2D eigenvalue weighted by atomic mass is 9.88. The highest BCUT2D eigenvalue weighted by Gasteiger charge is 2.31. The van der Waals surface area contributed by atoms with Crippen LogP contribution in [0, 0.1) is 5.92 Å². The fourth-order valence-electron chi connectivity index (χ4n) is 3.32. The number of hydrogen-bond donors (Lipinski definition) is 1. The van der Waals surface area contributed by atoms with Gasteiger partial charge in [0.2, 0.25) is 0 Å². The van der Waals surface area contributed by atoms with Crippen molar-refractivity contribution in [3.63, 3.8) is 0 Å². The summed E-state index contributed by atoms with van der Waals surface area (Å²) < 4.78 is 5.39. The molecule has 1 aromatic rings. The summed E-state index contributed by atoms with van der Waals surface area (Å²) >= 11 is 0. The Morgan fingerprint density at radius 3 is 2.80 bits per heavy atom. The van der Waals surface area contributed by atoms with Crippen LogP contribution in [0.5, 0.6) is 0 Å². The lowest BCUT2D eigenvalue weighted by Gasteiger charge is -2.35. The molecule has 2 heterocycles. The Morgan fingerprint density at radius 1 is 1.30 bits per heavy atom. The first-order valence-corrected chi connectivity index (χ1v) is 7.35. The Bertz CT molecular complexity index is 482. The summed E-state index contributed by atoms with van der Waals surface area (Å²) in [4.78, 5) is 13.8. The Labute approximate surface area is 119 Å². The molecule has 2 aliphatic heterocycles. The van der Waals surface area contributed by atoms with E-state index in [1.54, 1.807) is 0 Å². The standard InChI is InChI=1S/C16H21NO3/c18-16(19)15-11-17(9-12-5-7-20-8-6-12)10-13-3-1-2-4-14(13)15/h1-4,12,15H,5-11H2,(H,18,19). The van der Waals surface area contributed by atoms with Crippen LogP contribution in [0.1, 0.15) is 29.9 Å². The minimum Gasteiger partial charge on any atom is -0.481 e. The van der Waals surface area contributed by atoms with Crippen LogP contribution in [-0.2, 0) is 16.1 Å². The molecule has 0 saturated carbocycles. The summed E-state index contributed by atoms with van der Waals surface area (Å²) in [7, 11) is 0. The Hall–Kier alpha value is -1.39. The van der Waals surface area contributed by atoms with Gasteiger partial charge in [-0.1, -0.05) is 24.3 Å². The first kappa shape index (κ1) is 13.6. The van der Waals surface area contributed by atoms with Gasteiger partial charge in [-0.15, -0.1) is 0 Å². The van der Waals surface area contributed by atoms with Crippen molar-refractivity contribution < 1.29 is 14.6 Å². The van der Waals surface area contributed by atoms with Crippen LogP contribution in [0.4, 0.5) is 0 Å². The van der Waals surface area contributed by atoms with Crippen molar-refractivity contribution in [2.75, 3.05) is 26.3 Å². The molecule has 108 valence electrons. The van der Waals surface area contributed by atoms with E-state index in [0.717, 1.165) is 44.7 Å². The lowest BCUT2D eigenvalue weighted by molar-refractivity contribution is -0.139. The maximum absolute atomic E-state index is 11.5. The number of carboxylic acid groups (broad SMARTS) is 1. The third kappa shape index (κ3) is 2.86. The fourth-order valence-corrected chi connectivity index (χ4v) is 3.32. The molecule has 1 saturated heterocycles. The summed E-state index contributed by atoms with van der Waals surface area (Å²) in [5.74, 6) is -0.461. The van der Waals surface area contributed by atoms with Crippen molar-refractivity contribution in [3.05, 3.63) is 35.4 Å². The number of ether oxygens (including phenoxy) is 1. The SMILES string of the molecule is O=C(O)C1CN(CC2CCOCC2)Cc2ccccc21. The molecule has 4 heteroatoms. The van der Waals surface area contributed by atoms with E-state index in [1.807, 2.05) is 18.2 Å². The molecule has 0 aromatic heterocycles. The number of fused-ring (bicyclic) bond motifs is 1. The number of benzene rings is 1. The van der Waals surface area contributed by atoms with E-state index in [9.17, 15) is 9.90 Å². The Morgan fingerprint density at radius 2 is 2.05 bits per heavy atom. The molecule has 1 N–H and O–H groups in total. The molecule has 3 rings (SSSR count). The molecular weight excluding hydrogens is 254 g/mol. The molecule has 0 aliphatic carbocycles. The van der Waals surface area contributed by atoms with Gasteiger partial charge in [0.25, 0.3) is 0 Å². The lowest BCUT2D eigenvalue weighted by Crippen LogP contribution is -2.40. The Kier molecular flexibility index (Phi) is 4.03. The number of aliphatic carboxylic acids is 1. The monoisotopic (exact) mass is 275 g/mol. The van der Waals surface area contributed by atoms with Gasteiger partial charge in [0.15, 0.2) is 0 Å². The highest BCUT2D eigenvalue weighted by Crippen LogP contribution is 2.29. The van der Waals surface area contributed by atoms with Crippen molar-refractivity contribution >= 4 is 5.97 Å². The molecule has 0 radical (unpaired) electrons. The largest absolute Gasteiger partial charge is 0.481 e. The maximum atomic E-state index is 11.5. The molecule has 1 atom stereocenters. The van der Waals surface area contributed by atoms with Gasteiger partial charge in [0, 0.05) is 32.8 Å². The van der Waals surface area contributed by atoms with Crippen LogP contribution in [0.3, 0.4) is 0 Å². The number of carboxylic acids is 1. The molecule has 0 bridgehead atoms.